The lowest BCUT2D eigenvalue weighted by Crippen LogP contribution is -2.18. The summed E-state index contributed by atoms with van der Waals surface area (Å²) in [5.74, 6) is 0. The van der Waals surface area contributed by atoms with E-state index in [-0.39, 0.29) is 17.7 Å². The maximum atomic E-state index is 11.1. The van der Waals surface area contributed by atoms with Gasteiger partial charge in [-0.05, 0) is 6.92 Å². The van der Waals surface area contributed by atoms with Gasteiger partial charge in [0.1, 0.15) is 5.69 Å². The van der Waals surface area contributed by atoms with Crippen molar-refractivity contribution in [2.45, 2.75) is 6.92 Å². The molecular formula is C8H10N2O3. The Morgan fingerprint density at radius 2 is 2.46 bits per heavy atom. The van der Waals surface area contributed by atoms with Crippen molar-refractivity contribution in [2.75, 3.05) is 11.9 Å². The van der Waals surface area contributed by atoms with Crippen LogP contribution >= 0.6 is 0 Å². The molecule has 13 heavy (non-hydrogen) atoms. The van der Waals surface area contributed by atoms with Gasteiger partial charge in [-0.1, -0.05) is 0 Å². The number of pyridine rings is 1. The van der Waals surface area contributed by atoms with Crippen molar-refractivity contribution in [3.8, 4) is 0 Å². The Morgan fingerprint density at radius 3 is 3.08 bits per heavy atom. The second-order valence-electron chi connectivity index (χ2n) is 2.27. The second-order valence-corrected chi connectivity index (χ2v) is 2.27. The van der Waals surface area contributed by atoms with Gasteiger partial charge in [-0.15, -0.1) is 0 Å². The summed E-state index contributed by atoms with van der Waals surface area (Å²) in [5, 5.41) is 2.31. The van der Waals surface area contributed by atoms with Crippen LogP contribution in [0.5, 0.6) is 0 Å². The molecule has 1 aromatic heterocycles. The first-order valence-electron chi connectivity index (χ1n) is 3.85. The molecule has 0 bridgehead atoms. The molecular weight excluding hydrogens is 172 g/mol. The minimum absolute atomic E-state index is 0.181. The highest BCUT2D eigenvalue weighted by Crippen LogP contribution is 1.95. The van der Waals surface area contributed by atoms with Gasteiger partial charge in [0, 0.05) is 18.5 Å². The lowest BCUT2D eigenvalue weighted by molar-refractivity contribution is 0.168. The van der Waals surface area contributed by atoms with E-state index in [1.54, 1.807) is 6.92 Å². The van der Waals surface area contributed by atoms with Crippen LogP contribution in [0, 0.1) is 0 Å². The highest BCUT2D eigenvalue weighted by Gasteiger charge is 2.03. The Bertz CT molecular complexity index is 345. The van der Waals surface area contributed by atoms with Crippen molar-refractivity contribution in [1.82, 2.24) is 4.98 Å². The summed E-state index contributed by atoms with van der Waals surface area (Å²) in [6, 6.07) is 1.32. The molecule has 1 heterocycles. The van der Waals surface area contributed by atoms with E-state index >= 15 is 0 Å². The molecule has 0 aliphatic rings. The van der Waals surface area contributed by atoms with E-state index in [9.17, 15) is 9.59 Å². The zero-order valence-electron chi connectivity index (χ0n) is 7.16. The minimum atomic E-state index is -0.626. The fourth-order valence-corrected chi connectivity index (χ4v) is 0.791. The molecule has 1 aromatic rings. The summed E-state index contributed by atoms with van der Waals surface area (Å²) in [7, 11) is 0. The number of carbonyl (C=O) groups excluding carboxylic acids is 1. The summed E-state index contributed by atoms with van der Waals surface area (Å²) < 4.78 is 4.60. The average molecular weight is 182 g/mol. The first-order valence-corrected chi connectivity index (χ1v) is 3.85. The van der Waals surface area contributed by atoms with Crippen LogP contribution in [-0.2, 0) is 4.74 Å². The minimum Gasteiger partial charge on any atom is -0.450 e. The van der Waals surface area contributed by atoms with Crippen LogP contribution < -0.4 is 10.7 Å². The van der Waals surface area contributed by atoms with E-state index in [0.29, 0.717) is 0 Å². The molecule has 0 radical (unpaired) electrons. The van der Waals surface area contributed by atoms with Crippen LogP contribution in [-0.4, -0.2) is 17.7 Å². The molecule has 2 N–H and O–H groups in total. The number of ether oxygens (including phenoxy) is 1. The van der Waals surface area contributed by atoms with E-state index in [1.807, 2.05) is 0 Å². The van der Waals surface area contributed by atoms with Crippen LogP contribution in [0.2, 0.25) is 0 Å². The zero-order chi connectivity index (χ0) is 9.68. The highest BCUT2D eigenvalue weighted by molar-refractivity contribution is 5.84. The Kier molecular flexibility index (Phi) is 3.08. The topological polar surface area (TPSA) is 71.2 Å². The van der Waals surface area contributed by atoms with Gasteiger partial charge in [-0.2, -0.15) is 0 Å². The lowest BCUT2D eigenvalue weighted by Gasteiger charge is -2.02. The number of carbonyl (C=O) groups is 1. The van der Waals surface area contributed by atoms with Gasteiger partial charge in [0.2, 0.25) is 5.43 Å². The van der Waals surface area contributed by atoms with Crippen molar-refractivity contribution in [1.29, 1.82) is 0 Å². The summed E-state index contributed by atoms with van der Waals surface area (Å²) in [5.41, 5.74) is -0.0762. The maximum absolute atomic E-state index is 11.1. The number of aromatic amines is 1. The number of hydrogen-bond donors (Lipinski definition) is 2. The Morgan fingerprint density at radius 1 is 1.69 bits per heavy atom. The van der Waals surface area contributed by atoms with Gasteiger partial charge >= 0.3 is 6.09 Å². The molecule has 0 fully saturated rings. The van der Waals surface area contributed by atoms with E-state index in [0.717, 1.165) is 0 Å². The first-order chi connectivity index (χ1) is 6.24. The first kappa shape index (κ1) is 9.31. The molecule has 0 spiro atoms. The van der Waals surface area contributed by atoms with Crippen LogP contribution in [0.1, 0.15) is 6.92 Å². The molecule has 5 heteroatoms. The number of amides is 1. The number of hydrogen-bond acceptors (Lipinski definition) is 3. The monoisotopic (exact) mass is 182 g/mol. The Labute approximate surface area is 74.7 Å². The average Bonchev–Trinajstić information content (AvgIpc) is 2.09. The third-order valence-electron chi connectivity index (χ3n) is 1.34. The van der Waals surface area contributed by atoms with E-state index in [4.69, 9.17) is 0 Å². The standard InChI is InChI=1S/C8H10N2O3/c1-2-13-8(12)10-6-5-9-4-3-7(6)11/h3-5H,2H2,1H3,(H,9,11)(H,10,12). The van der Waals surface area contributed by atoms with Crippen LogP contribution in [0.3, 0.4) is 0 Å². The zero-order valence-corrected chi connectivity index (χ0v) is 7.16. The van der Waals surface area contributed by atoms with Crippen molar-refractivity contribution in [3.05, 3.63) is 28.7 Å². The van der Waals surface area contributed by atoms with Gasteiger partial charge in [-0.25, -0.2) is 4.79 Å². The Balaban J connectivity index is 2.69. The van der Waals surface area contributed by atoms with Gasteiger partial charge in [0.15, 0.2) is 0 Å². The SMILES string of the molecule is CCOC(=O)Nc1c[nH]ccc1=O. The quantitative estimate of drug-likeness (QED) is 0.715. The number of H-pyrrole nitrogens is 1. The molecule has 0 atom stereocenters. The number of rotatable bonds is 2. The number of aromatic nitrogens is 1. The van der Waals surface area contributed by atoms with Gasteiger partial charge < -0.3 is 9.72 Å². The van der Waals surface area contributed by atoms with Crippen molar-refractivity contribution in [2.24, 2.45) is 0 Å². The van der Waals surface area contributed by atoms with Crippen LogP contribution in [0.25, 0.3) is 0 Å². The molecule has 0 saturated heterocycles. The predicted octanol–water partition coefficient (Wildman–Crippen LogP) is 0.943. The lowest BCUT2D eigenvalue weighted by atomic mass is 10.4. The third kappa shape index (κ3) is 2.62. The highest BCUT2D eigenvalue weighted by atomic mass is 16.5. The van der Waals surface area contributed by atoms with Crippen LogP contribution in [0.4, 0.5) is 10.5 Å². The second kappa shape index (κ2) is 4.30. The molecule has 0 aromatic carbocycles. The van der Waals surface area contributed by atoms with Crippen molar-refractivity contribution < 1.29 is 9.53 Å². The normalized spacial score (nSPS) is 9.31. The molecule has 1 amide bonds. The summed E-state index contributed by atoms with van der Waals surface area (Å²) >= 11 is 0. The summed E-state index contributed by atoms with van der Waals surface area (Å²) in [6.07, 6.45) is 2.26. The molecule has 1 rings (SSSR count). The summed E-state index contributed by atoms with van der Waals surface area (Å²) in [4.78, 5) is 24.6. The summed E-state index contributed by atoms with van der Waals surface area (Å²) in [6.45, 7) is 1.96. The molecule has 0 aliphatic heterocycles. The van der Waals surface area contributed by atoms with Gasteiger partial charge in [0.25, 0.3) is 0 Å². The predicted molar refractivity (Wildman–Crippen MR) is 47.7 cm³/mol. The Hall–Kier alpha value is -1.78. The van der Waals surface area contributed by atoms with Crippen molar-refractivity contribution in [3.63, 3.8) is 0 Å². The molecule has 0 unspecified atom stereocenters. The van der Waals surface area contributed by atoms with Crippen LogP contribution in [0.15, 0.2) is 23.3 Å². The smallest absolute Gasteiger partial charge is 0.411 e. The van der Waals surface area contributed by atoms with Crippen molar-refractivity contribution >= 4 is 11.8 Å². The molecule has 5 nitrogen and oxygen atoms in total. The van der Waals surface area contributed by atoms with E-state index < -0.39 is 6.09 Å². The number of anilines is 1. The molecule has 70 valence electrons. The fourth-order valence-electron chi connectivity index (χ4n) is 0.791. The maximum Gasteiger partial charge on any atom is 0.411 e. The van der Waals surface area contributed by atoms with E-state index in [1.165, 1.54) is 18.5 Å². The van der Waals surface area contributed by atoms with Gasteiger partial charge in [-0.3, -0.25) is 10.1 Å². The molecule has 0 saturated carbocycles. The van der Waals surface area contributed by atoms with Gasteiger partial charge in [0.05, 0.1) is 6.61 Å². The molecule has 0 aliphatic carbocycles. The van der Waals surface area contributed by atoms with E-state index in [2.05, 4.69) is 15.0 Å². The fraction of sp³-hybridized carbons (Fsp3) is 0.250. The largest absolute Gasteiger partial charge is 0.450 e. The third-order valence-corrected chi connectivity index (χ3v) is 1.34. The number of nitrogens with one attached hydrogen (secondary N) is 2.